The van der Waals surface area contributed by atoms with Gasteiger partial charge in [0.05, 0.1) is 19.3 Å². The zero-order chi connectivity index (χ0) is 13.8. The van der Waals surface area contributed by atoms with Gasteiger partial charge in [0.2, 0.25) is 0 Å². The summed E-state index contributed by atoms with van der Waals surface area (Å²) in [6.07, 6.45) is 3.85. The van der Waals surface area contributed by atoms with Crippen molar-refractivity contribution in [3.8, 4) is 5.75 Å². The molecule has 0 radical (unpaired) electrons. The maximum absolute atomic E-state index is 10.4. The van der Waals surface area contributed by atoms with E-state index in [1.807, 2.05) is 26.0 Å². The van der Waals surface area contributed by atoms with Crippen LogP contribution in [0.25, 0.3) is 0 Å². The van der Waals surface area contributed by atoms with Crippen LogP contribution in [0.5, 0.6) is 5.75 Å². The van der Waals surface area contributed by atoms with Crippen LogP contribution in [0.2, 0.25) is 0 Å². The molecule has 0 saturated carbocycles. The van der Waals surface area contributed by atoms with Crippen molar-refractivity contribution >= 4 is 0 Å². The molecular formula is C16H24O3. The standard InChI is InChI=1S/C16H24O3/c1-11-9-16(18-3)12(2)8-14(11)15(17)10-13-6-4-5-7-19-13/h8-9,13,15,17H,4-7,10H2,1-3H3. The fraction of sp³-hybridized carbons (Fsp3) is 0.625. The lowest BCUT2D eigenvalue weighted by molar-refractivity contribution is -0.0156. The third-order valence-corrected chi connectivity index (χ3v) is 3.90. The van der Waals surface area contributed by atoms with Gasteiger partial charge < -0.3 is 14.6 Å². The van der Waals surface area contributed by atoms with Gasteiger partial charge in [-0.1, -0.05) is 0 Å². The Morgan fingerprint density at radius 3 is 2.74 bits per heavy atom. The number of hydrogen-bond acceptors (Lipinski definition) is 3. The summed E-state index contributed by atoms with van der Waals surface area (Å²) in [5.41, 5.74) is 3.13. The molecule has 2 unspecified atom stereocenters. The number of methoxy groups -OCH3 is 1. The summed E-state index contributed by atoms with van der Waals surface area (Å²) < 4.78 is 11.0. The van der Waals surface area contributed by atoms with Crippen molar-refractivity contribution in [1.29, 1.82) is 0 Å². The van der Waals surface area contributed by atoms with Crippen LogP contribution in [-0.4, -0.2) is 24.9 Å². The minimum absolute atomic E-state index is 0.200. The molecule has 1 heterocycles. The van der Waals surface area contributed by atoms with Gasteiger partial charge in [0, 0.05) is 13.0 Å². The molecule has 3 heteroatoms. The summed E-state index contributed by atoms with van der Waals surface area (Å²) in [7, 11) is 1.67. The molecule has 2 rings (SSSR count). The van der Waals surface area contributed by atoms with Crippen LogP contribution < -0.4 is 4.74 Å². The van der Waals surface area contributed by atoms with Crippen LogP contribution in [0.4, 0.5) is 0 Å². The normalized spacial score (nSPS) is 21.2. The SMILES string of the molecule is COc1cc(C)c(C(O)CC2CCCCO2)cc1C. The predicted molar refractivity (Wildman–Crippen MR) is 75.6 cm³/mol. The lowest BCUT2D eigenvalue weighted by Gasteiger charge is -2.25. The Balaban J connectivity index is 2.09. The lowest BCUT2D eigenvalue weighted by Crippen LogP contribution is -2.21. The highest BCUT2D eigenvalue weighted by Gasteiger charge is 2.21. The van der Waals surface area contributed by atoms with Crippen molar-refractivity contribution < 1.29 is 14.6 Å². The van der Waals surface area contributed by atoms with Crippen molar-refractivity contribution in [3.05, 3.63) is 28.8 Å². The number of rotatable bonds is 4. The predicted octanol–water partition coefficient (Wildman–Crippen LogP) is 3.30. The average Bonchev–Trinajstić information content (AvgIpc) is 2.42. The first-order chi connectivity index (χ1) is 9.11. The lowest BCUT2D eigenvalue weighted by atomic mass is 9.94. The van der Waals surface area contributed by atoms with Crippen LogP contribution in [-0.2, 0) is 4.74 Å². The fourth-order valence-corrected chi connectivity index (χ4v) is 2.76. The van der Waals surface area contributed by atoms with Gasteiger partial charge in [-0.15, -0.1) is 0 Å². The first-order valence-electron chi connectivity index (χ1n) is 7.06. The van der Waals surface area contributed by atoms with E-state index >= 15 is 0 Å². The van der Waals surface area contributed by atoms with Gasteiger partial charge in [-0.25, -0.2) is 0 Å². The summed E-state index contributed by atoms with van der Waals surface area (Å²) in [5.74, 6) is 0.877. The van der Waals surface area contributed by atoms with Crippen LogP contribution in [0.1, 0.15) is 48.5 Å². The molecule has 0 aromatic heterocycles. The van der Waals surface area contributed by atoms with Gasteiger partial charge in [0.25, 0.3) is 0 Å². The molecule has 1 saturated heterocycles. The van der Waals surface area contributed by atoms with Crippen LogP contribution >= 0.6 is 0 Å². The highest BCUT2D eigenvalue weighted by Crippen LogP contribution is 2.30. The minimum Gasteiger partial charge on any atom is -0.496 e. The van der Waals surface area contributed by atoms with Crippen LogP contribution in [0.3, 0.4) is 0 Å². The molecule has 106 valence electrons. The second kappa shape index (κ2) is 6.40. The highest BCUT2D eigenvalue weighted by molar-refractivity contribution is 5.42. The van der Waals surface area contributed by atoms with Gasteiger partial charge in [0.15, 0.2) is 0 Å². The van der Waals surface area contributed by atoms with Gasteiger partial charge in [-0.2, -0.15) is 0 Å². The van der Waals surface area contributed by atoms with Crippen molar-refractivity contribution in [3.63, 3.8) is 0 Å². The summed E-state index contributed by atoms with van der Waals surface area (Å²) in [4.78, 5) is 0. The average molecular weight is 264 g/mol. The second-order valence-corrected chi connectivity index (χ2v) is 5.42. The Morgan fingerprint density at radius 1 is 1.32 bits per heavy atom. The maximum atomic E-state index is 10.4. The van der Waals surface area contributed by atoms with E-state index in [-0.39, 0.29) is 6.10 Å². The summed E-state index contributed by atoms with van der Waals surface area (Å²) in [6, 6.07) is 4.03. The smallest absolute Gasteiger partial charge is 0.122 e. The number of aryl methyl sites for hydroxylation is 2. The Bertz CT molecular complexity index is 422. The number of ether oxygens (including phenoxy) is 2. The molecule has 1 aromatic rings. The molecule has 1 aliphatic rings. The van der Waals surface area contributed by atoms with Gasteiger partial charge >= 0.3 is 0 Å². The highest BCUT2D eigenvalue weighted by atomic mass is 16.5. The Labute approximate surface area is 115 Å². The van der Waals surface area contributed by atoms with E-state index in [2.05, 4.69) is 0 Å². The van der Waals surface area contributed by atoms with E-state index in [9.17, 15) is 5.11 Å². The van der Waals surface area contributed by atoms with E-state index < -0.39 is 6.10 Å². The van der Waals surface area contributed by atoms with Gasteiger partial charge in [-0.05, 0) is 61.9 Å². The van der Waals surface area contributed by atoms with E-state index in [1.54, 1.807) is 7.11 Å². The van der Waals surface area contributed by atoms with Gasteiger partial charge in [-0.3, -0.25) is 0 Å². The first-order valence-corrected chi connectivity index (χ1v) is 7.06. The molecule has 0 spiro atoms. The van der Waals surface area contributed by atoms with E-state index in [0.717, 1.165) is 41.9 Å². The van der Waals surface area contributed by atoms with Gasteiger partial charge in [0.1, 0.15) is 5.75 Å². The third-order valence-electron chi connectivity index (χ3n) is 3.90. The van der Waals surface area contributed by atoms with Crippen molar-refractivity contribution in [2.24, 2.45) is 0 Å². The molecule has 0 bridgehead atoms. The monoisotopic (exact) mass is 264 g/mol. The minimum atomic E-state index is -0.451. The summed E-state index contributed by atoms with van der Waals surface area (Å²) in [6.45, 7) is 4.85. The number of aliphatic hydroxyl groups excluding tert-OH is 1. The van der Waals surface area contributed by atoms with E-state index in [0.29, 0.717) is 6.42 Å². The molecule has 19 heavy (non-hydrogen) atoms. The van der Waals surface area contributed by atoms with Crippen LogP contribution in [0.15, 0.2) is 12.1 Å². The third kappa shape index (κ3) is 3.48. The van der Waals surface area contributed by atoms with E-state index in [1.165, 1.54) is 6.42 Å². The quantitative estimate of drug-likeness (QED) is 0.906. The molecule has 0 aliphatic carbocycles. The number of hydrogen-bond donors (Lipinski definition) is 1. The van der Waals surface area contributed by atoms with Crippen molar-refractivity contribution in [2.45, 2.75) is 51.7 Å². The molecule has 1 N–H and O–H groups in total. The van der Waals surface area contributed by atoms with Crippen molar-refractivity contribution in [2.75, 3.05) is 13.7 Å². The number of aliphatic hydroxyl groups is 1. The zero-order valence-electron chi connectivity index (χ0n) is 12.1. The maximum Gasteiger partial charge on any atom is 0.122 e. The fourth-order valence-electron chi connectivity index (χ4n) is 2.76. The topological polar surface area (TPSA) is 38.7 Å². The van der Waals surface area contributed by atoms with E-state index in [4.69, 9.17) is 9.47 Å². The van der Waals surface area contributed by atoms with Crippen molar-refractivity contribution in [1.82, 2.24) is 0 Å². The number of benzene rings is 1. The van der Waals surface area contributed by atoms with Crippen LogP contribution in [0, 0.1) is 13.8 Å². The summed E-state index contributed by atoms with van der Waals surface area (Å²) in [5, 5.41) is 10.4. The molecule has 1 fully saturated rings. The Kier molecular flexibility index (Phi) is 4.83. The molecule has 3 nitrogen and oxygen atoms in total. The zero-order valence-corrected chi connectivity index (χ0v) is 12.1. The first kappa shape index (κ1) is 14.4. The molecular weight excluding hydrogens is 240 g/mol. The Morgan fingerprint density at radius 2 is 2.11 bits per heavy atom. The molecule has 2 atom stereocenters. The molecule has 1 aliphatic heterocycles. The summed E-state index contributed by atoms with van der Waals surface area (Å²) >= 11 is 0. The largest absolute Gasteiger partial charge is 0.496 e. The molecule has 0 amide bonds. The Hall–Kier alpha value is -1.06. The second-order valence-electron chi connectivity index (χ2n) is 5.42. The molecule has 1 aromatic carbocycles.